The lowest BCUT2D eigenvalue weighted by Gasteiger charge is -2.10. The van der Waals surface area contributed by atoms with Gasteiger partial charge < -0.3 is 9.73 Å². The molecule has 0 fully saturated rings. The molecule has 2 rings (SSSR count). The molecule has 0 spiro atoms. The molecule has 0 aliphatic rings. The minimum atomic E-state index is 0.278. The number of nitrogens with one attached hydrogen (secondary N) is 1. The standard InChI is InChI=1S/C11H15N3OS/c1-7-4-13-10(15-7)5-12-8(2)11-9(3)14-6-16-11/h4,6,8,12H,5H2,1-3H3. The first-order chi connectivity index (χ1) is 7.66. The Labute approximate surface area is 98.7 Å². The molecule has 4 nitrogen and oxygen atoms in total. The van der Waals surface area contributed by atoms with Gasteiger partial charge in [0, 0.05) is 10.9 Å². The molecule has 0 saturated heterocycles. The first kappa shape index (κ1) is 11.3. The molecule has 0 aliphatic carbocycles. The molecule has 2 heterocycles. The molecule has 16 heavy (non-hydrogen) atoms. The average molecular weight is 237 g/mol. The second kappa shape index (κ2) is 4.76. The van der Waals surface area contributed by atoms with Crippen LogP contribution < -0.4 is 5.32 Å². The van der Waals surface area contributed by atoms with Gasteiger partial charge in [-0.15, -0.1) is 11.3 Å². The van der Waals surface area contributed by atoms with Crippen LogP contribution in [0.4, 0.5) is 0 Å². The Kier molecular flexibility index (Phi) is 3.36. The Bertz CT molecular complexity index is 463. The van der Waals surface area contributed by atoms with Crippen molar-refractivity contribution in [2.75, 3.05) is 0 Å². The molecule has 0 aliphatic heterocycles. The fourth-order valence-electron chi connectivity index (χ4n) is 1.54. The Morgan fingerprint density at radius 1 is 1.44 bits per heavy atom. The molecule has 0 saturated carbocycles. The van der Waals surface area contributed by atoms with E-state index in [0.29, 0.717) is 6.54 Å². The molecule has 2 aromatic heterocycles. The lowest BCUT2D eigenvalue weighted by molar-refractivity contribution is 0.433. The SMILES string of the molecule is Cc1cnc(CNC(C)c2scnc2C)o1. The van der Waals surface area contributed by atoms with E-state index in [2.05, 4.69) is 22.2 Å². The number of aromatic nitrogens is 2. The van der Waals surface area contributed by atoms with Gasteiger partial charge in [0.2, 0.25) is 5.89 Å². The zero-order valence-electron chi connectivity index (χ0n) is 9.65. The van der Waals surface area contributed by atoms with Crippen molar-refractivity contribution in [2.45, 2.75) is 33.4 Å². The van der Waals surface area contributed by atoms with Crippen LogP contribution in [0.3, 0.4) is 0 Å². The van der Waals surface area contributed by atoms with E-state index in [1.54, 1.807) is 17.5 Å². The van der Waals surface area contributed by atoms with Gasteiger partial charge in [-0.2, -0.15) is 0 Å². The molecule has 0 radical (unpaired) electrons. The number of aryl methyl sites for hydroxylation is 2. The quantitative estimate of drug-likeness (QED) is 0.888. The van der Waals surface area contributed by atoms with Gasteiger partial charge in [0.1, 0.15) is 5.76 Å². The maximum Gasteiger partial charge on any atom is 0.208 e. The van der Waals surface area contributed by atoms with E-state index in [-0.39, 0.29) is 6.04 Å². The lowest BCUT2D eigenvalue weighted by Crippen LogP contribution is -2.18. The molecular weight excluding hydrogens is 222 g/mol. The predicted octanol–water partition coefficient (Wildman–Crippen LogP) is 2.60. The topological polar surface area (TPSA) is 51.0 Å². The van der Waals surface area contributed by atoms with Crippen LogP contribution in [0.5, 0.6) is 0 Å². The van der Waals surface area contributed by atoms with Gasteiger partial charge in [-0.3, -0.25) is 0 Å². The van der Waals surface area contributed by atoms with Crippen LogP contribution in [-0.4, -0.2) is 9.97 Å². The summed E-state index contributed by atoms with van der Waals surface area (Å²) in [7, 11) is 0. The van der Waals surface area contributed by atoms with Crippen molar-refractivity contribution in [2.24, 2.45) is 0 Å². The van der Waals surface area contributed by atoms with E-state index in [1.807, 2.05) is 19.4 Å². The molecule has 1 N–H and O–H groups in total. The fourth-order valence-corrected chi connectivity index (χ4v) is 2.38. The van der Waals surface area contributed by atoms with Crippen LogP contribution in [0.25, 0.3) is 0 Å². The molecule has 0 aromatic carbocycles. The van der Waals surface area contributed by atoms with Crippen molar-refractivity contribution in [3.63, 3.8) is 0 Å². The number of hydrogen-bond acceptors (Lipinski definition) is 5. The van der Waals surface area contributed by atoms with E-state index in [4.69, 9.17) is 4.42 Å². The van der Waals surface area contributed by atoms with Crippen molar-refractivity contribution in [3.05, 3.63) is 33.9 Å². The maximum absolute atomic E-state index is 5.40. The Morgan fingerprint density at radius 3 is 2.81 bits per heavy atom. The second-order valence-corrected chi connectivity index (χ2v) is 4.66. The van der Waals surface area contributed by atoms with E-state index in [9.17, 15) is 0 Å². The summed E-state index contributed by atoms with van der Waals surface area (Å²) in [6.45, 7) is 6.69. The summed E-state index contributed by atoms with van der Waals surface area (Å²) in [4.78, 5) is 9.65. The highest BCUT2D eigenvalue weighted by molar-refractivity contribution is 7.09. The van der Waals surface area contributed by atoms with E-state index < -0.39 is 0 Å². The first-order valence-electron chi connectivity index (χ1n) is 5.21. The van der Waals surface area contributed by atoms with E-state index in [1.165, 1.54) is 4.88 Å². The second-order valence-electron chi connectivity index (χ2n) is 3.77. The molecule has 2 aromatic rings. The fraction of sp³-hybridized carbons (Fsp3) is 0.455. The van der Waals surface area contributed by atoms with E-state index >= 15 is 0 Å². The van der Waals surface area contributed by atoms with Gasteiger partial charge in [-0.05, 0) is 20.8 Å². The summed E-state index contributed by atoms with van der Waals surface area (Å²) >= 11 is 1.67. The van der Waals surface area contributed by atoms with Gasteiger partial charge in [0.05, 0.1) is 23.9 Å². The van der Waals surface area contributed by atoms with Crippen molar-refractivity contribution in [3.8, 4) is 0 Å². The molecular formula is C11H15N3OS. The van der Waals surface area contributed by atoms with E-state index in [0.717, 1.165) is 17.3 Å². The molecule has 1 unspecified atom stereocenters. The summed E-state index contributed by atoms with van der Waals surface area (Å²) in [6.07, 6.45) is 1.74. The highest BCUT2D eigenvalue weighted by Crippen LogP contribution is 2.21. The smallest absolute Gasteiger partial charge is 0.208 e. The van der Waals surface area contributed by atoms with Crippen molar-refractivity contribution < 1.29 is 4.42 Å². The largest absolute Gasteiger partial charge is 0.445 e. The highest BCUT2D eigenvalue weighted by atomic mass is 32.1. The average Bonchev–Trinajstić information content (AvgIpc) is 2.84. The van der Waals surface area contributed by atoms with Crippen LogP contribution in [0.1, 0.15) is 35.2 Å². The van der Waals surface area contributed by atoms with Crippen molar-refractivity contribution in [1.29, 1.82) is 0 Å². The number of oxazole rings is 1. The summed E-state index contributed by atoms with van der Waals surface area (Å²) < 4.78 is 5.40. The van der Waals surface area contributed by atoms with Crippen LogP contribution in [-0.2, 0) is 6.54 Å². The van der Waals surface area contributed by atoms with Gasteiger partial charge in [0.25, 0.3) is 0 Å². The van der Waals surface area contributed by atoms with Gasteiger partial charge in [-0.25, -0.2) is 9.97 Å². The third-order valence-electron chi connectivity index (χ3n) is 2.40. The highest BCUT2D eigenvalue weighted by Gasteiger charge is 2.11. The summed E-state index contributed by atoms with van der Waals surface area (Å²) in [6, 6.07) is 0.278. The van der Waals surface area contributed by atoms with Crippen molar-refractivity contribution >= 4 is 11.3 Å². The minimum Gasteiger partial charge on any atom is -0.445 e. The van der Waals surface area contributed by atoms with Gasteiger partial charge >= 0.3 is 0 Å². The van der Waals surface area contributed by atoms with Crippen LogP contribution in [0, 0.1) is 13.8 Å². The summed E-state index contributed by atoms with van der Waals surface area (Å²) in [5.41, 5.74) is 2.96. The number of hydrogen-bond donors (Lipinski definition) is 1. The minimum absolute atomic E-state index is 0.278. The Morgan fingerprint density at radius 2 is 2.25 bits per heavy atom. The number of nitrogens with zero attached hydrogens (tertiary/aromatic N) is 2. The van der Waals surface area contributed by atoms with Crippen LogP contribution >= 0.6 is 11.3 Å². The molecule has 86 valence electrons. The molecule has 0 bridgehead atoms. The lowest BCUT2D eigenvalue weighted by atomic mass is 10.2. The van der Waals surface area contributed by atoms with Crippen LogP contribution in [0.2, 0.25) is 0 Å². The zero-order chi connectivity index (χ0) is 11.5. The molecule has 0 amide bonds. The Hall–Kier alpha value is -1.20. The van der Waals surface area contributed by atoms with Crippen molar-refractivity contribution in [1.82, 2.24) is 15.3 Å². The monoisotopic (exact) mass is 237 g/mol. The maximum atomic E-state index is 5.40. The third kappa shape index (κ3) is 2.48. The van der Waals surface area contributed by atoms with Crippen LogP contribution in [0.15, 0.2) is 16.1 Å². The first-order valence-corrected chi connectivity index (χ1v) is 6.09. The number of thiazole rings is 1. The zero-order valence-corrected chi connectivity index (χ0v) is 10.5. The molecule has 5 heteroatoms. The normalized spacial score (nSPS) is 12.9. The van der Waals surface area contributed by atoms with Gasteiger partial charge in [-0.1, -0.05) is 0 Å². The summed E-state index contributed by atoms with van der Waals surface area (Å²) in [5.74, 6) is 1.57. The molecule has 1 atom stereocenters. The third-order valence-corrected chi connectivity index (χ3v) is 3.52. The van der Waals surface area contributed by atoms with Gasteiger partial charge in [0.15, 0.2) is 0 Å². The predicted molar refractivity (Wildman–Crippen MR) is 63.3 cm³/mol. The Balaban J connectivity index is 1.93. The summed E-state index contributed by atoms with van der Waals surface area (Å²) in [5, 5.41) is 3.37. The number of rotatable bonds is 4.